The van der Waals surface area contributed by atoms with Gasteiger partial charge in [-0.2, -0.15) is 0 Å². The molecule has 1 heterocycles. The van der Waals surface area contributed by atoms with Crippen molar-refractivity contribution in [2.45, 2.75) is 18.7 Å². The highest BCUT2D eigenvalue weighted by atomic mass is 32.2. The molecule has 1 amide bonds. The Kier molecular flexibility index (Phi) is 7.25. The minimum atomic E-state index is -3.93. The fraction of sp³-hybridized carbons (Fsp3) is 0.269. The van der Waals surface area contributed by atoms with Gasteiger partial charge in [-0.25, -0.2) is 12.8 Å². The third-order valence-electron chi connectivity index (χ3n) is 5.93. The quantitative estimate of drug-likeness (QED) is 0.527. The predicted molar refractivity (Wildman–Crippen MR) is 134 cm³/mol. The molecule has 3 aromatic rings. The van der Waals surface area contributed by atoms with Gasteiger partial charge in [0.1, 0.15) is 11.6 Å². The van der Waals surface area contributed by atoms with Gasteiger partial charge in [-0.15, -0.1) is 0 Å². The molecule has 0 atom stereocenters. The molecule has 184 valence electrons. The highest BCUT2D eigenvalue weighted by Gasteiger charge is 2.25. The minimum Gasteiger partial charge on any atom is -0.492 e. The molecule has 3 aromatic carbocycles. The highest BCUT2D eigenvalue weighted by molar-refractivity contribution is 7.92. The van der Waals surface area contributed by atoms with Crippen LogP contribution in [0, 0.1) is 12.7 Å². The average Bonchev–Trinajstić information content (AvgIpc) is 2.86. The summed E-state index contributed by atoms with van der Waals surface area (Å²) in [6.45, 7) is 6.66. The molecule has 0 radical (unpaired) electrons. The fourth-order valence-corrected chi connectivity index (χ4v) is 5.13. The molecule has 0 aromatic heterocycles. The summed E-state index contributed by atoms with van der Waals surface area (Å²) in [6, 6.07) is 17.4. The molecule has 35 heavy (non-hydrogen) atoms. The molecule has 4 rings (SSSR count). The van der Waals surface area contributed by atoms with Crippen LogP contribution in [-0.4, -0.2) is 52.0 Å². The van der Waals surface area contributed by atoms with Gasteiger partial charge >= 0.3 is 0 Å². The van der Waals surface area contributed by atoms with Crippen LogP contribution in [0.15, 0.2) is 71.6 Å². The molecule has 1 aliphatic rings. The fourth-order valence-electron chi connectivity index (χ4n) is 4.01. The van der Waals surface area contributed by atoms with E-state index in [0.717, 1.165) is 23.6 Å². The molecular formula is C26H28FN3O4S. The Labute approximate surface area is 205 Å². The summed E-state index contributed by atoms with van der Waals surface area (Å²) in [6.07, 6.45) is 0. The number of nitrogens with zero attached hydrogens (tertiary/aromatic N) is 2. The van der Waals surface area contributed by atoms with Gasteiger partial charge in [-0.3, -0.25) is 9.52 Å². The molecule has 0 unspecified atom stereocenters. The van der Waals surface area contributed by atoms with E-state index in [1.807, 2.05) is 31.2 Å². The van der Waals surface area contributed by atoms with Crippen LogP contribution in [0.25, 0.3) is 0 Å². The Bertz CT molecular complexity index is 1300. The Balaban J connectivity index is 1.46. The number of carbonyl (C=O) groups is 1. The van der Waals surface area contributed by atoms with Crippen LogP contribution in [0.2, 0.25) is 0 Å². The number of anilines is 2. The van der Waals surface area contributed by atoms with Gasteiger partial charge in [-0.05, 0) is 67.9 Å². The molecule has 0 saturated carbocycles. The van der Waals surface area contributed by atoms with E-state index in [9.17, 15) is 17.6 Å². The predicted octanol–water partition coefficient (Wildman–Crippen LogP) is 4.30. The average molecular weight is 498 g/mol. The second-order valence-corrected chi connectivity index (χ2v) is 9.95. The second kappa shape index (κ2) is 10.4. The van der Waals surface area contributed by atoms with Crippen molar-refractivity contribution in [2.75, 3.05) is 42.4 Å². The number of ether oxygens (including phenoxy) is 1. The number of hydrogen-bond acceptors (Lipinski definition) is 5. The number of para-hydroxylation sites is 2. The van der Waals surface area contributed by atoms with Crippen molar-refractivity contribution < 1.29 is 22.3 Å². The zero-order valence-electron chi connectivity index (χ0n) is 19.7. The first kappa shape index (κ1) is 24.5. The summed E-state index contributed by atoms with van der Waals surface area (Å²) in [5.41, 5.74) is 2.39. The number of piperazine rings is 1. The number of amides is 1. The first-order valence-electron chi connectivity index (χ1n) is 11.4. The van der Waals surface area contributed by atoms with E-state index in [0.29, 0.717) is 49.6 Å². The van der Waals surface area contributed by atoms with Gasteiger partial charge in [0.05, 0.1) is 22.9 Å². The standard InChI is InChI=1S/C26H28FN3O4S/c1-3-34-25-7-5-4-6-24(25)29-14-16-30(17-15-29)26(31)20-9-8-19(2)23(18-20)28-35(32,33)22-12-10-21(27)11-13-22/h4-13,18,28H,3,14-17H2,1-2H3. The number of sulfonamides is 1. The van der Waals surface area contributed by atoms with Crippen molar-refractivity contribution in [3.8, 4) is 5.75 Å². The van der Waals surface area contributed by atoms with Gasteiger partial charge in [0.15, 0.2) is 0 Å². The third-order valence-corrected chi connectivity index (χ3v) is 7.31. The van der Waals surface area contributed by atoms with Gasteiger partial charge in [0, 0.05) is 31.7 Å². The van der Waals surface area contributed by atoms with E-state index in [4.69, 9.17) is 4.74 Å². The number of aryl methyl sites for hydroxylation is 1. The molecule has 0 aliphatic carbocycles. The van der Waals surface area contributed by atoms with Crippen molar-refractivity contribution in [2.24, 2.45) is 0 Å². The molecule has 0 spiro atoms. The summed E-state index contributed by atoms with van der Waals surface area (Å²) < 4.78 is 47.0. The summed E-state index contributed by atoms with van der Waals surface area (Å²) in [5.74, 6) is 0.144. The molecule has 1 saturated heterocycles. The molecule has 1 N–H and O–H groups in total. The Morgan fingerprint density at radius 1 is 1.00 bits per heavy atom. The number of carbonyl (C=O) groups excluding carboxylic acids is 1. The Hall–Kier alpha value is -3.59. The zero-order chi connectivity index (χ0) is 25.0. The van der Waals surface area contributed by atoms with Crippen molar-refractivity contribution in [1.29, 1.82) is 0 Å². The summed E-state index contributed by atoms with van der Waals surface area (Å²) in [7, 11) is -3.93. The van der Waals surface area contributed by atoms with E-state index < -0.39 is 15.8 Å². The largest absolute Gasteiger partial charge is 0.492 e. The monoisotopic (exact) mass is 497 g/mol. The molecule has 1 aliphatic heterocycles. The lowest BCUT2D eigenvalue weighted by Gasteiger charge is -2.36. The maximum absolute atomic E-state index is 13.2. The topological polar surface area (TPSA) is 79.0 Å². The van der Waals surface area contributed by atoms with Crippen LogP contribution in [0.1, 0.15) is 22.8 Å². The van der Waals surface area contributed by atoms with E-state index in [1.165, 1.54) is 12.1 Å². The van der Waals surface area contributed by atoms with E-state index in [-0.39, 0.29) is 10.8 Å². The summed E-state index contributed by atoms with van der Waals surface area (Å²) in [4.78, 5) is 17.1. The van der Waals surface area contributed by atoms with Gasteiger partial charge in [0.25, 0.3) is 15.9 Å². The maximum Gasteiger partial charge on any atom is 0.261 e. The minimum absolute atomic E-state index is 0.0570. The first-order chi connectivity index (χ1) is 16.8. The highest BCUT2D eigenvalue weighted by Crippen LogP contribution is 2.29. The van der Waals surface area contributed by atoms with Crippen molar-refractivity contribution in [3.05, 3.63) is 83.7 Å². The molecule has 1 fully saturated rings. The van der Waals surface area contributed by atoms with Gasteiger partial charge in [-0.1, -0.05) is 18.2 Å². The molecule has 0 bridgehead atoms. The van der Waals surface area contributed by atoms with Crippen molar-refractivity contribution in [1.82, 2.24) is 4.90 Å². The Morgan fingerprint density at radius 3 is 2.37 bits per heavy atom. The molecule has 7 nitrogen and oxygen atoms in total. The smallest absolute Gasteiger partial charge is 0.261 e. The Morgan fingerprint density at radius 2 is 1.69 bits per heavy atom. The summed E-state index contributed by atoms with van der Waals surface area (Å²) in [5, 5.41) is 0. The van der Waals surface area contributed by atoms with Crippen LogP contribution in [0.5, 0.6) is 5.75 Å². The van der Waals surface area contributed by atoms with E-state index >= 15 is 0 Å². The first-order valence-corrected chi connectivity index (χ1v) is 12.9. The maximum atomic E-state index is 13.2. The molecular weight excluding hydrogens is 469 g/mol. The number of rotatable bonds is 7. The van der Waals surface area contributed by atoms with Gasteiger partial charge < -0.3 is 14.5 Å². The van der Waals surface area contributed by atoms with Gasteiger partial charge in [0.2, 0.25) is 0 Å². The van der Waals surface area contributed by atoms with E-state index in [1.54, 1.807) is 30.0 Å². The zero-order valence-corrected chi connectivity index (χ0v) is 20.5. The summed E-state index contributed by atoms with van der Waals surface area (Å²) >= 11 is 0. The lowest BCUT2D eigenvalue weighted by molar-refractivity contribution is 0.0746. The SMILES string of the molecule is CCOc1ccccc1N1CCN(C(=O)c2ccc(C)c(NS(=O)(=O)c3ccc(F)cc3)c2)CC1. The normalized spacial score (nSPS) is 14.0. The van der Waals surface area contributed by atoms with Crippen LogP contribution in [0.4, 0.5) is 15.8 Å². The third kappa shape index (κ3) is 5.57. The lowest BCUT2D eigenvalue weighted by atomic mass is 10.1. The van der Waals surface area contributed by atoms with Crippen LogP contribution in [0.3, 0.4) is 0 Å². The van der Waals surface area contributed by atoms with Crippen LogP contribution in [-0.2, 0) is 10.0 Å². The lowest BCUT2D eigenvalue weighted by Crippen LogP contribution is -2.48. The van der Waals surface area contributed by atoms with Crippen molar-refractivity contribution in [3.63, 3.8) is 0 Å². The molecule has 9 heteroatoms. The second-order valence-electron chi connectivity index (χ2n) is 8.27. The number of hydrogen-bond donors (Lipinski definition) is 1. The van der Waals surface area contributed by atoms with Crippen LogP contribution < -0.4 is 14.4 Å². The van der Waals surface area contributed by atoms with E-state index in [2.05, 4.69) is 9.62 Å². The van der Waals surface area contributed by atoms with Crippen LogP contribution >= 0.6 is 0 Å². The number of nitrogens with one attached hydrogen (secondary N) is 1. The number of halogens is 1. The van der Waals surface area contributed by atoms with Crippen molar-refractivity contribution >= 4 is 27.3 Å². The number of benzene rings is 3.